The second-order valence-electron chi connectivity index (χ2n) is 4.55. The fraction of sp³-hybridized carbons (Fsp3) is 0. The SMILES string of the molecule is O=[N+]([O-])c1ccc(-c2nc3ccc4ccccc4c3s2)o1. The Morgan fingerprint density at radius 2 is 1.95 bits per heavy atom. The topological polar surface area (TPSA) is 69.2 Å². The Balaban J connectivity index is 1.93. The van der Waals surface area contributed by atoms with Crippen molar-refractivity contribution in [3.8, 4) is 10.8 Å². The van der Waals surface area contributed by atoms with Gasteiger partial charge < -0.3 is 4.42 Å². The summed E-state index contributed by atoms with van der Waals surface area (Å²) in [6.45, 7) is 0. The lowest BCUT2D eigenvalue weighted by Crippen LogP contribution is -1.82. The molecule has 102 valence electrons. The van der Waals surface area contributed by atoms with Crippen LogP contribution in [0, 0.1) is 10.1 Å². The van der Waals surface area contributed by atoms with Crippen LogP contribution in [0.2, 0.25) is 0 Å². The molecular formula is C15H8N2O3S. The van der Waals surface area contributed by atoms with E-state index in [4.69, 9.17) is 4.42 Å². The number of aromatic nitrogens is 1. The molecule has 0 amide bonds. The highest BCUT2D eigenvalue weighted by Crippen LogP contribution is 2.36. The Morgan fingerprint density at radius 1 is 1.10 bits per heavy atom. The Hall–Kier alpha value is -2.73. The fourth-order valence-corrected chi connectivity index (χ4v) is 3.36. The van der Waals surface area contributed by atoms with E-state index in [1.165, 1.54) is 17.4 Å². The molecule has 0 aliphatic heterocycles. The van der Waals surface area contributed by atoms with Crippen molar-refractivity contribution in [3.63, 3.8) is 0 Å². The fourth-order valence-electron chi connectivity index (χ4n) is 2.30. The molecule has 0 radical (unpaired) electrons. The zero-order chi connectivity index (χ0) is 14.4. The van der Waals surface area contributed by atoms with E-state index in [9.17, 15) is 10.1 Å². The van der Waals surface area contributed by atoms with Crippen molar-refractivity contribution in [2.45, 2.75) is 0 Å². The van der Waals surface area contributed by atoms with Crippen molar-refractivity contribution >= 4 is 38.2 Å². The average Bonchev–Trinajstić information content (AvgIpc) is 3.13. The third-order valence-electron chi connectivity index (χ3n) is 3.26. The third kappa shape index (κ3) is 1.88. The molecule has 0 fully saturated rings. The number of benzene rings is 2. The minimum Gasteiger partial charge on any atom is -0.398 e. The first-order valence-corrected chi connectivity index (χ1v) is 7.07. The maximum atomic E-state index is 10.7. The summed E-state index contributed by atoms with van der Waals surface area (Å²) in [5.41, 5.74) is 0.868. The summed E-state index contributed by atoms with van der Waals surface area (Å²) < 4.78 is 6.28. The molecule has 4 rings (SSSR count). The minimum absolute atomic E-state index is 0.269. The first-order chi connectivity index (χ1) is 10.2. The number of nitrogens with zero attached hydrogens (tertiary/aromatic N) is 2. The average molecular weight is 296 g/mol. The summed E-state index contributed by atoms with van der Waals surface area (Å²) in [6.07, 6.45) is 0. The highest BCUT2D eigenvalue weighted by Gasteiger charge is 2.16. The predicted octanol–water partition coefficient (Wildman–Crippen LogP) is 4.62. The van der Waals surface area contributed by atoms with Crippen LogP contribution in [-0.4, -0.2) is 9.91 Å². The summed E-state index contributed by atoms with van der Waals surface area (Å²) in [7, 11) is 0. The van der Waals surface area contributed by atoms with Crippen LogP contribution < -0.4 is 0 Å². The molecule has 6 heteroatoms. The number of thiazole rings is 1. The van der Waals surface area contributed by atoms with Gasteiger partial charge in [-0.3, -0.25) is 10.1 Å². The number of hydrogen-bond acceptors (Lipinski definition) is 5. The first-order valence-electron chi connectivity index (χ1n) is 6.25. The van der Waals surface area contributed by atoms with Crippen LogP contribution in [0.3, 0.4) is 0 Å². The second kappa shape index (κ2) is 4.39. The van der Waals surface area contributed by atoms with Gasteiger partial charge in [0.2, 0.25) is 0 Å². The molecule has 21 heavy (non-hydrogen) atoms. The van der Waals surface area contributed by atoms with Crippen molar-refractivity contribution in [2.75, 3.05) is 0 Å². The Morgan fingerprint density at radius 3 is 2.76 bits per heavy atom. The molecule has 0 unspecified atom stereocenters. The lowest BCUT2D eigenvalue weighted by Gasteiger charge is -1.96. The van der Waals surface area contributed by atoms with Crippen LogP contribution in [0.4, 0.5) is 5.88 Å². The van der Waals surface area contributed by atoms with E-state index in [1.807, 2.05) is 36.4 Å². The van der Waals surface area contributed by atoms with Gasteiger partial charge in [-0.25, -0.2) is 4.98 Å². The molecule has 2 aromatic carbocycles. The number of furan rings is 1. The van der Waals surface area contributed by atoms with E-state index in [-0.39, 0.29) is 5.88 Å². The predicted molar refractivity (Wildman–Crippen MR) is 81.5 cm³/mol. The van der Waals surface area contributed by atoms with E-state index in [1.54, 1.807) is 6.07 Å². The van der Waals surface area contributed by atoms with Crippen LogP contribution in [0.1, 0.15) is 0 Å². The molecule has 0 aliphatic carbocycles. The van der Waals surface area contributed by atoms with Gasteiger partial charge in [-0.05, 0) is 17.5 Å². The van der Waals surface area contributed by atoms with Crippen LogP contribution >= 0.6 is 11.3 Å². The Labute approximate surface area is 122 Å². The highest BCUT2D eigenvalue weighted by molar-refractivity contribution is 7.22. The number of fused-ring (bicyclic) bond motifs is 3. The summed E-state index contributed by atoms with van der Waals surface area (Å²) in [6, 6.07) is 15.0. The number of hydrogen-bond donors (Lipinski definition) is 0. The van der Waals surface area contributed by atoms with E-state index in [0.717, 1.165) is 21.0 Å². The van der Waals surface area contributed by atoms with Crippen LogP contribution in [0.5, 0.6) is 0 Å². The molecule has 0 N–H and O–H groups in total. The molecular weight excluding hydrogens is 288 g/mol. The molecule has 4 aromatic rings. The highest BCUT2D eigenvalue weighted by atomic mass is 32.1. The van der Waals surface area contributed by atoms with Crippen molar-refractivity contribution in [3.05, 3.63) is 58.6 Å². The molecule has 0 aliphatic rings. The quantitative estimate of drug-likeness (QED) is 0.400. The molecule has 2 aromatic heterocycles. The first kappa shape index (κ1) is 12.0. The molecule has 2 heterocycles. The van der Waals surface area contributed by atoms with E-state index >= 15 is 0 Å². The zero-order valence-electron chi connectivity index (χ0n) is 10.6. The smallest absolute Gasteiger partial charge is 0.398 e. The summed E-state index contributed by atoms with van der Waals surface area (Å²) in [5.74, 6) is 0.154. The van der Waals surface area contributed by atoms with E-state index in [0.29, 0.717) is 10.8 Å². The second-order valence-corrected chi connectivity index (χ2v) is 5.55. The standard InChI is InChI=1S/C15H8N2O3S/c18-17(19)13-8-7-12(20-13)15-16-11-6-5-9-3-1-2-4-10(9)14(11)21-15/h1-8H. The van der Waals surface area contributed by atoms with Crippen molar-refractivity contribution < 1.29 is 9.34 Å². The zero-order valence-corrected chi connectivity index (χ0v) is 11.5. The maximum Gasteiger partial charge on any atom is 0.433 e. The van der Waals surface area contributed by atoms with E-state index < -0.39 is 4.92 Å². The summed E-state index contributed by atoms with van der Waals surface area (Å²) >= 11 is 1.48. The van der Waals surface area contributed by atoms with Crippen LogP contribution in [-0.2, 0) is 0 Å². The van der Waals surface area contributed by atoms with Gasteiger partial charge in [0, 0.05) is 5.39 Å². The van der Waals surface area contributed by atoms with Gasteiger partial charge >= 0.3 is 5.88 Å². The van der Waals surface area contributed by atoms with Gasteiger partial charge in [0.15, 0.2) is 10.8 Å². The molecule has 0 bridgehead atoms. The lowest BCUT2D eigenvalue weighted by molar-refractivity contribution is -0.401. The van der Waals surface area contributed by atoms with Gasteiger partial charge in [-0.2, -0.15) is 0 Å². The monoisotopic (exact) mass is 296 g/mol. The van der Waals surface area contributed by atoms with Gasteiger partial charge in [0.1, 0.15) is 4.92 Å². The van der Waals surface area contributed by atoms with Gasteiger partial charge in [-0.15, -0.1) is 11.3 Å². The molecule has 0 saturated carbocycles. The summed E-state index contributed by atoms with van der Waals surface area (Å²) in [5, 5.41) is 13.6. The van der Waals surface area contributed by atoms with Crippen molar-refractivity contribution in [1.29, 1.82) is 0 Å². The van der Waals surface area contributed by atoms with Crippen molar-refractivity contribution in [2.24, 2.45) is 0 Å². The van der Waals surface area contributed by atoms with Crippen LogP contribution in [0.15, 0.2) is 52.9 Å². The Bertz CT molecular complexity index is 987. The largest absolute Gasteiger partial charge is 0.433 e. The van der Waals surface area contributed by atoms with E-state index in [2.05, 4.69) is 4.98 Å². The van der Waals surface area contributed by atoms with Crippen LogP contribution in [0.25, 0.3) is 31.8 Å². The van der Waals surface area contributed by atoms with Gasteiger partial charge in [0.05, 0.1) is 16.3 Å². The Kier molecular flexibility index (Phi) is 2.52. The lowest BCUT2D eigenvalue weighted by atomic mass is 10.1. The normalized spacial score (nSPS) is 11.2. The maximum absolute atomic E-state index is 10.7. The molecule has 0 atom stereocenters. The third-order valence-corrected chi connectivity index (χ3v) is 4.38. The van der Waals surface area contributed by atoms with Gasteiger partial charge in [-0.1, -0.05) is 30.3 Å². The van der Waals surface area contributed by atoms with Gasteiger partial charge in [0.25, 0.3) is 0 Å². The number of rotatable bonds is 2. The number of nitro groups is 1. The minimum atomic E-state index is -0.549. The summed E-state index contributed by atoms with van der Waals surface area (Å²) in [4.78, 5) is 14.6. The molecule has 5 nitrogen and oxygen atoms in total. The molecule has 0 saturated heterocycles. The molecule has 0 spiro atoms. The van der Waals surface area contributed by atoms with Crippen molar-refractivity contribution in [1.82, 2.24) is 4.98 Å².